The van der Waals surface area contributed by atoms with Gasteiger partial charge in [0.1, 0.15) is 11.5 Å². The van der Waals surface area contributed by atoms with Gasteiger partial charge < -0.3 is 25.4 Å². The lowest BCUT2D eigenvalue weighted by Gasteiger charge is -2.36. The molecule has 2 heterocycles. The number of carbonyl (C=O) groups is 1. The minimum atomic E-state index is -1.13. The quantitative estimate of drug-likeness (QED) is 0.147. The van der Waals surface area contributed by atoms with Gasteiger partial charge in [0.25, 0.3) is 0 Å². The van der Waals surface area contributed by atoms with Gasteiger partial charge in [0.2, 0.25) is 0 Å². The molecule has 0 fully saturated rings. The van der Waals surface area contributed by atoms with Crippen molar-refractivity contribution in [2.24, 2.45) is 0 Å². The molecule has 7 aromatic rings. The van der Waals surface area contributed by atoms with Crippen LogP contribution in [0.5, 0.6) is 11.5 Å². The van der Waals surface area contributed by atoms with Gasteiger partial charge in [-0.2, -0.15) is 0 Å². The maximum atomic E-state index is 14.1. The molecule has 3 N–H and O–H groups in total. The van der Waals surface area contributed by atoms with Gasteiger partial charge >= 0.3 is 5.97 Å². The van der Waals surface area contributed by atoms with Gasteiger partial charge in [-0.15, -0.1) is 0 Å². The zero-order chi connectivity index (χ0) is 34.4. The summed E-state index contributed by atoms with van der Waals surface area (Å²) in [5.74, 6) is 0.951. The summed E-state index contributed by atoms with van der Waals surface area (Å²) in [5, 5.41) is 10.7. The Labute approximate surface area is 296 Å². The van der Waals surface area contributed by atoms with Crippen molar-refractivity contribution in [3.05, 3.63) is 192 Å². The average Bonchev–Trinajstić information content (AvgIpc) is 3.47. The van der Waals surface area contributed by atoms with E-state index in [1.165, 1.54) is 0 Å². The highest BCUT2D eigenvalue weighted by atomic mass is 16.6. The second-order valence-electron chi connectivity index (χ2n) is 12.8. The molecule has 1 spiro atoms. The molecule has 9 rings (SSSR count). The Balaban J connectivity index is 1.10. The van der Waals surface area contributed by atoms with E-state index in [-0.39, 0.29) is 5.97 Å². The number of fused-ring (bicyclic) bond motifs is 6. The lowest BCUT2D eigenvalue weighted by molar-refractivity contribution is 0.0225. The molecule has 51 heavy (non-hydrogen) atoms. The number of benzene rings is 7. The van der Waals surface area contributed by atoms with Crippen LogP contribution >= 0.6 is 0 Å². The van der Waals surface area contributed by atoms with Crippen molar-refractivity contribution in [3.8, 4) is 22.6 Å². The highest BCUT2D eigenvalue weighted by Gasteiger charge is 2.54. The molecule has 6 nitrogen and oxygen atoms in total. The van der Waals surface area contributed by atoms with Crippen molar-refractivity contribution < 1.29 is 14.3 Å². The molecule has 0 aromatic heterocycles. The Morgan fingerprint density at radius 1 is 0.510 bits per heavy atom. The van der Waals surface area contributed by atoms with Gasteiger partial charge in [-0.3, -0.25) is 0 Å². The third kappa shape index (κ3) is 5.25. The normalized spacial score (nSPS) is 13.3. The molecule has 0 radical (unpaired) electrons. The van der Waals surface area contributed by atoms with Crippen LogP contribution in [0.4, 0.5) is 34.1 Å². The fraction of sp³-hybridized carbons (Fsp3) is 0.0444. The van der Waals surface area contributed by atoms with Crippen LogP contribution in [0.25, 0.3) is 11.1 Å². The Bertz CT molecular complexity index is 2380. The molecular weight excluding hydrogens is 631 g/mol. The van der Waals surface area contributed by atoms with E-state index in [2.05, 4.69) is 71.4 Å². The van der Waals surface area contributed by atoms with Crippen LogP contribution in [-0.4, -0.2) is 5.97 Å². The lowest BCUT2D eigenvalue weighted by atomic mass is 9.77. The molecule has 0 bridgehead atoms. The highest BCUT2D eigenvalue weighted by molar-refractivity contribution is 6.04. The Morgan fingerprint density at radius 3 is 1.73 bits per heavy atom. The van der Waals surface area contributed by atoms with E-state index in [1.807, 2.05) is 115 Å². The van der Waals surface area contributed by atoms with Crippen molar-refractivity contribution in [1.29, 1.82) is 0 Å². The molecule has 0 saturated carbocycles. The van der Waals surface area contributed by atoms with Crippen LogP contribution in [0, 0.1) is 6.92 Å². The summed E-state index contributed by atoms with van der Waals surface area (Å²) < 4.78 is 12.8. The van der Waals surface area contributed by atoms with Crippen LogP contribution in [-0.2, 0) is 10.3 Å². The molecule has 0 unspecified atom stereocenters. The zero-order valence-electron chi connectivity index (χ0n) is 27.8. The first-order valence-corrected chi connectivity index (χ1v) is 17.0. The number of carbonyl (C=O) groups excluding carboxylic acids is 1. The molecule has 7 aromatic carbocycles. The largest absolute Gasteiger partial charge is 0.456 e. The smallest absolute Gasteiger partial charge is 0.342 e. The van der Waals surface area contributed by atoms with Gasteiger partial charge in [0, 0.05) is 50.7 Å². The van der Waals surface area contributed by atoms with Crippen molar-refractivity contribution in [1.82, 2.24) is 0 Å². The summed E-state index contributed by atoms with van der Waals surface area (Å²) >= 11 is 0. The standard InChI is InChI=1S/C45H33N3O3/c1-29-27-34(47-33-25-23-32(24-26-33)46-31-15-6-3-7-16-31)28-35(30-13-4-2-5-14-30)43(29)48-39-20-12-19-38-42(39)44(49)51-45(38)36-17-8-10-21-40(36)50-41-22-11-9-18-37(41)45/h2-28,46-48H,1H3. The van der Waals surface area contributed by atoms with Gasteiger partial charge in [-0.25, -0.2) is 4.79 Å². The van der Waals surface area contributed by atoms with E-state index in [9.17, 15) is 4.79 Å². The van der Waals surface area contributed by atoms with E-state index < -0.39 is 5.60 Å². The number of nitrogens with one attached hydrogen (secondary N) is 3. The summed E-state index contributed by atoms with van der Waals surface area (Å²) in [5.41, 5.74) is 10.4. The molecule has 246 valence electrons. The minimum Gasteiger partial charge on any atom is -0.456 e. The number of ether oxygens (including phenoxy) is 2. The number of anilines is 6. The Kier molecular flexibility index (Phi) is 7.29. The van der Waals surface area contributed by atoms with Crippen molar-refractivity contribution in [2.75, 3.05) is 16.0 Å². The van der Waals surface area contributed by atoms with Gasteiger partial charge in [0.05, 0.1) is 11.3 Å². The third-order valence-electron chi connectivity index (χ3n) is 9.56. The average molecular weight is 664 g/mol. The fourth-order valence-electron chi connectivity index (χ4n) is 7.27. The van der Waals surface area contributed by atoms with E-state index in [1.54, 1.807) is 0 Å². The summed E-state index contributed by atoms with van der Waals surface area (Å²) in [4.78, 5) is 14.1. The van der Waals surface area contributed by atoms with Crippen molar-refractivity contribution >= 4 is 40.1 Å². The second kappa shape index (κ2) is 12.3. The number of hydrogen-bond donors (Lipinski definition) is 3. The van der Waals surface area contributed by atoms with Gasteiger partial charge in [-0.1, -0.05) is 97.1 Å². The van der Waals surface area contributed by atoms with E-state index >= 15 is 0 Å². The van der Waals surface area contributed by atoms with Crippen LogP contribution in [0.1, 0.15) is 32.6 Å². The van der Waals surface area contributed by atoms with Gasteiger partial charge in [0.15, 0.2) is 5.60 Å². The number of aryl methyl sites for hydroxylation is 1. The number of rotatable bonds is 7. The van der Waals surface area contributed by atoms with Gasteiger partial charge in [-0.05, 0) is 84.8 Å². The maximum absolute atomic E-state index is 14.1. The number of esters is 1. The summed E-state index contributed by atoms with van der Waals surface area (Å²) in [6, 6.07) is 54.4. The first kappa shape index (κ1) is 30.3. The summed E-state index contributed by atoms with van der Waals surface area (Å²) in [6.45, 7) is 2.08. The molecule has 0 aliphatic carbocycles. The molecule has 0 amide bonds. The van der Waals surface area contributed by atoms with E-state index in [0.29, 0.717) is 22.7 Å². The minimum absolute atomic E-state index is 0.387. The molecule has 0 atom stereocenters. The maximum Gasteiger partial charge on any atom is 0.342 e. The predicted molar refractivity (Wildman–Crippen MR) is 204 cm³/mol. The van der Waals surface area contributed by atoms with Crippen LogP contribution in [0.2, 0.25) is 0 Å². The topological polar surface area (TPSA) is 71.6 Å². The first-order chi connectivity index (χ1) is 25.1. The van der Waals surface area contributed by atoms with E-state index in [4.69, 9.17) is 9.47 Å². The molecule has 2 aliphatic rings. The number of para-hydroxylation sites is 3. The first-order valence-electron chi connectivity index (χ1n) is 17.0. The summed E-state index contributed by atoms with van der Waals surface area (Å²) in [6.07, 6.45) is 0. The molecule has 6 heteroatoms. The van der Waals surface area contributed by atoms with E-state index in [0.717, 1.165) is 61.8 Å². The Hall–Kier alpha value is -6.79. The molecular formula is C45H33N3O3. The zero-order valence-corrected chi connectivity index (χ0v) is 27.8. The predicted octanol–water partition coefficient (Wildman–Crippen LogP) is 11.5. The monoisotopic (exact) mass is 663 g/mol. The second-order valence-corrected chi connectivity index (χ2v) is 12.8. The molecule has 0 saturated heterocycles. The van der Waals surface area contributed by atoms with Crippen LogP contribution < -0.4 is 20.7 Å². The number of hydrogen-bond acceptors (Lipinski definition) is 6. The lowest BCUT2D eigenvalue weighted by Crippen LogP contribution is -2.32. The van der Waals surface area contributed by atoms with Crippen molar-refractivity contribution in [2.45, 2.75) is 12.5 Å². The van der Waals surface area contributed by atoms with Crippen molar-refractivity contribution in [3.63, 3.8) is 0 Å². The fourth-order valence-corrected chi connectivity index (χ4v) is 7.27. The Morgan fingerprint density at radius 2 is 1.06 bits per heavy atom. The summed E-state index contributed by atoms with van der Waals surface area (Å²) in [7, 11) is 0. The SMILES string of the molecule is Cc1cc(Nc2ccc(Nc3ccccc3)cc2)cc(-c2ccccc2)c1Nc1cccc2c1C(=O)OC21c2ccccc2Oc2ccccc21. The third-order valence-corrected chi connectivity index (χ3v) is 9.56. The highest BCUT2D eigenvalue weighted by Crippen LogP contribution is 2.57. The molecule has 2 aliphatic heterocycles. The van der Waals surface area contributed by atoms with Crippen LogP contribution in [0.3, 0.4) is 0 Å². The van der Waals surface area contributed by atoms with Crippen LogP contribution in [0.15, 0.2) is 164 Å².